The van der Waals surface area contributed by atoms with Gasteiger partial charge >= 0.3 is 0 Å². The van der Waals surface area contributed by atoms with Crippen LogP contribution in [0.3, 0.4) is 0 Å². The van der Waals surface area contributed by atoms with Gasteiger partial charge in [-0.1, -0.05) is 13.8 Å². The number of hydrogen-bond acceptors (Lipinski definition) is 1. The molecule has 1 rings (SSSR count). The zero-order valence-corrected chi connectivity index (χ0v) is 8.50. The molecule has 0 aromatic rings. The molecule has 1 saturated heterocycles. The van der Waals surface area contributed by atoms with Gasteiger partial charge in [-0.15, -0.1) is 0 Å². The Balaban J connectivity index is 2.70. The molecule has 0 aromatic carbocycles. The van der Waals surface area contributed by atoms with Gasteiger partial charge in [-0.05, 0) is 26.2 Å². The van der Waals surface area contributed by atoms with Crippen LogP contribution in [0.4, 0.5) is 0 Å². The third-order valence-corrected chi connectivity index (χ3v) is 2.63. The standard InChI is InChI=1S/C10H19NO/c1-7(2)9-5-6-10(12)11(9)8(3)4/h7-9H,5-6H2,1-4H3/t9-/m1/s1. The number of rotatable bonds is 2. The van der Waals surface area contributed by atoms with Crippen LogP contribution in [-0.4, -0.2) is 22.9 Å². The lowest BCUT2D eigenvalue weighted by Crippen LogP contribution is -2.41. The molecule has 1 heterocycles. The lowest BCUT2D eigenvalue weighted by Gasteiger charge is -2.31. The molecular weight excluding hydrogens is 150 g/mol. The molecule has 1 amide bonds. The van der Waals surface area contributed by atoms with Gasteiger partial charge in [0.2, 0.25) is 5.91 Å². The predicted molar refractivity (Wildman–Crippen MR) is 49.8 cm³/mol. The van der Waals surface area contributed by atoms with E-state index in [-0.39, 0.29) is 0 Å². The molecule has 0 N–H and O–H groups in total. The van der Waals surface area contributed by atoms with E-state index in [0.29, 0.717) is 23.9 Å². The van der Waals surface area contributed by atoms with Crippen molar-refractivity contribution in [3.05, 3.63) is 0 Å². The van der Waals surface area contributed by atoms with Crippen LogP contribution in [0.5, 0.6) is 0 Å². The van der Waals surface area contributed by atoms with Gasteiger partial charge in [0.05, 0.1) is 0 Å². The lowest BCUT2D eigenvalue weighted by atomic mass is 10.0. The third-order valence-electron chi connectivity index (χ3n) is 2.63. The number of nitrogens with zero attached hydrogens (tertiary/aromatic N) is 1. The first-order valence-corrected chi connectivity index (χ1v) is 4.85. The largest absolute Gasteiger partial charge is 0.337 e. The first kappa shape index (κ1) is 9.56. The summed E-state index contributed by atoms with van der Waals surface area (Å²) in [5.41, 5.74) is 0. The van der Waals surface area contributed by atoms with Crippen LogP contribution in [-0.2, 0) is 4.79 Å². The van der Waals surface area contributed by atoms with Crippen LogP contribution >= 0.6 is 0 Å². The number of carbonyl (C=O) groups excluding carboxylic acids is 1. The van der Waals surface area contributed by atoms with Crippen molar-refractivity contribution in [2.45, 2.75) is 52.6 Å². The molecule has 1 atom stereocenters. The second kappa shape index (κ2) is 3.46. The van der Waals surface area contributed by atoms with E-state index in [9.17, 15) is 4.79 Å². The van der Waals surface area contributed by atoms with E-state index in [1.807, 2.05) is 4.90 Å². The molecule has 0 spiro atoms. The van der Waals surface area contributed by atoms with Crippen molar-refractivity contribution >= 4 is 5.91 Å². The van der Waals surface area contributed by atoms with Crippen molar-refractivity contribution in [3.63, 3.8) is 0 Å². The summed E-state index contributed by atoms with van der Waals surface area (Å²) in [4.78, 5) is 13.5. The van der Waals surface area contributed by atoms with Crippen LogP contribution in [0.15, 0.2) is 0 Å². The molecule has 2 heteroatoms. The molecule has 1 fully saturated rings. The highest BCUT2D eigenvalue weighted by Gasteiger charge is 2.34. The number of likely N-dealkylation sites (tertiary alicyclic amines) is 1. The van der Waals surface area contributed by atoms with Crippen LogP contribution in [0.25, 0.3) is 0 Å². The Morgan fingerprint density at radius 1 is 1.33 bits per heavy atom. The van der Waals surface area contributed by atoms with Crippen LogP contribution in [0.1, 0.15) is 40.5 Å². The summed E-state index contributed by atoms with van der Waals surface area (Å²) in [5, 5.41) is 0. The predicted octanol–water partition coefficient (Wildman–Crippen LogP) is 2.04. The monoisotopic (exact) mass is 169 g/mol. The zero-order valence-electron chi connectivity index (χ0n) is 8.50. The van der Waals surface area contributed by atoms with Gasteiger partial charge in [-0.25, -0.2) is 0 Å². The van der Waals surface area contributed by atoms with E-state index in [0.717, 1.165) is 12.8 Å². The van der Waals surface area contributed by atoms with E-state index in [1.54, 1.807) is 0 Å². The number of carbonyl (C=O) groups is 1. The highest BCUT2D eigenvalue weighted by atomic mass is 16.2. The van der Waals surface area contributed by atoms with Gasteiger partial charge in [-0.3, -0.25) is 4.79 Å². The summed E-state index contributed by atoms with van der Waals surface area (Å²) >= 11 is 0. The van der Waals surface area contributed by atoms with E-state index >= 15 is 0 Å². The average molecular weight is 169 g/mol. The van der Waals surface area contributed by atoms with Crippen molar-refractivity contribution in [2.24, 2.45) is 5.92 Å². The Hall–Kier alpha value is -0.530. The van der Waals surface area contributed by atoms with Gasteiger partial charge in [-0.2, -0.15) is 0 Å². The number of amides is 1. The first-order chi connectivity index (χ1) is 5.54. The summed E-state index contributed by atoms with van der Waals surface area (Å²) in [5.74, 6) is 0.933. The minimum Gasteiger partial charge on any atom is -0.337 e. The molecule has 0 aromatic heterocycles. The Morgan fingerprint density at radius 3 is 2.25 bits per heavy atom. The smallest absolute Gasteiger partial charge is 0.223 e. The molecule has 1 aliphatic rings. The van der Waals surface area contributed by atoms with E-state index < -0.39 is 0 Å². The summed E-state index contributed by atoms with van der Waals surface area (Å²) < 4.78 is 0. The van der Waals surface area contributed by atoms with Crippen molar-refractivity contribution in [1.82, 2.24) is 4.90 Å². The summed E-state index contributed by atoms with van der Waals surface area (Å²) in [6.07, 6.45) is 1.80. The zero-order chi connectivity index (χ0) is 9.30. The lowest BCUT2D eigenvalue weighted by molar-refractivity contribution is -0.131. The second-order valence-electron chi connectivity index (χ2n) is 4.24. The average Bonchev–Trinajstić information content (AvgIpc) is 2.30. The molecule has 2 nitrogen and oxygen atoms in total. The van der Waals surface area contributed by atoms with Crippen LogP contribution in [0, 0.1) is 5.92 Å². The number of hydrogen-bond donors (Lipinski definition) is 0. The van der Waals surface area contributed by atoms with Crippen molar-refractivity contribution in [3.8, 4) is 0 Å². The Morgan fingerprint density at radius 2 is 1.92 bits per heavy atom. The van der Waals surface area contributed by atoms with Gasteiger partial charge in [0.1, 0.15) is 0 Å². The maximum atomic E-state index is 11.5. The van der Waals surface area contributed by atoms with Gasteiger partial charge in [0.25, 0.3) is 0 Å². The van der Waals surface area contributed by atoms with E-state index in [1.165, 1.54) is 0 Å². The maximum Gasteiger partial charge on any atom is 0.223 e. The fraction of sp³-hybridized carbons (Fsp3) is 0.900. The Bertz CT molecular complexity index is 175. The van der Waals surface area contributed by atoms with Crippen LogP contribution < -0.4 is 0 Å². The van der Waals surface area contributed by atoms with E-state index in [4.69, 9.17) is 0 Å². The molecule has 0 saturated carbocycles. The van der Waals surface area contributed by atoms with Gasteiger partial charge < -0.3 is 4.90 Å². The topological polar surface area (TPSA) is 20.3 Å². The van der Waals surface area contributed by atoms with Gasteiger partial charge in [0, 0.05) is 18.5 Å². The highest BCUT2D eigenvalue weighted by Crippen LogP contribution is 2.26. The molecule has 0 aliphatic carbocycles. The fourth-order valence-corrected chi connectivity index (χ4v) is 2.05. The molecule has 0 bridgehead atoms. The summed E-state index contributed by atoms with van der Waals surface area (Å²) in [7, 11) is 0. The first-order valence-electron chi connectivity index (χ1n) is 4.85. The molecule has 1 aliphatic heterocycles. The third kappa shape index (κ3) is 1.62. The normalized spacial score (nSPS) is 24.7. The fourth-order valence-electron chi connectivity index (χ4n) is 2.05. The quantitative estimate of drug-likeness (QED) is 0.619. The molecule has 0 unspecified atom stereocenters. The van der Waals surface area contributed by atoms with Crippen molar-refractivity contribution < 1.29 is 4.79 Å². The Kier molecular flexibility index (Phi) is 2.76. The highest BCUT2D eigenvalue weighted by molar-refractivity contribution is 5.79. The Labute approximate surface area is 74.9 Å². The van der Waals surface area contributed by atoms with Crippen molar-refractivity contribution in [2.75, 3.05) is 0 Å². The van der Waals surface area contributed by atoms with Crippen LogP contribution in [0.2, 0.25) is 0 Å². The SMILES string of the molecule is CC(C)[C@H]1CCC(=O)N1C(C)C. The molecule has 0 radical (unpaired) electrons. The summed E-state index contributed by atoms with van der Waals surface area (Å²) in [6, 6.07) is 0.852. The van der Waals surface area contributed by atoms with Crippen molar-refractivity contribution in [1.29, 1.82) is 0 Å². The second-order valence-corrected chi connectivity index (χ2v) is 4.24. The molecule has 12 heavy (non-hydrogen) atoms. The maximum absolute atomic E-state index is 11.5. The van der Waals surface area contributed by atoms with E-state index in [2.05, 4.69) is 27.7 Å². The molecule has 70 valence electrons. The minimum absolute atomic E-state index is 0.337. The minimum atomic E-state index is 0.337. The molecular formula is C10H19NO. The summed E-state index contributed by atoms with van der Waals surface area (Å²) in [6.45, 7) is 8.58. The van der Waals surface area contributed by atoms with Gasteiger partial charge in [0.15, 0.2) is 0 Å².